The Hall–Kier alpha value is 0.871. The van der Waals surface area contributed by atoms with Crippen LogP contribution in [0.1, 0.15) is 25.7 Å². The Kier molecular flexibility index (Phi) is 17.9. The van der Waals surface area contributed by atoms with E-state index < -0.39 is 56.7 Å². The van der Waals surface area contributed by atoms with Crippen molar-refractivity contribution in [1.29, 1.82) is 0 Å². The minimum atomic E-state index is -2.64. The molecule has 0 unspecified atom stereocenters. The van der Waals surface area contributed by atoms with Gasteiger partial charge in [-0.25, -0.2) is 4.39 Å². The van der Waals surface area contributed by atoms with Crippen LogP contribution in [0.4, 0.5) is 4.39 Å². The van der Waals surface area contributed by atoms with E-state index in [2.05, 4.69) is 52.4 Å². The van der Waals surface area contributed by atoms with E-state index in [0.717, 1.165) is 24.2 Å². The van der Waals surface area contributed by atoms with Crippen LogP contribution < -0.4 is 0 Å². The molecule has 0 amide bonds. The van der Waals surface area contributed by atoms with E-state index in [1.165, 1.54) is 0 Å². The molecule has 0 saturated heterocycles. The van der Waals surface area contributed by atoms with Crippen LogP contribution in [-0.2, 0) is 34.8 Å². The van der Waals surface area contributed by atoms with Crippen molar-refractivity contribution in [3.05, 3.63) is 0 Å². The standard InChI is InChI=1S/C25H63FO9Si6/c1-28-40(29-2,30-3)23-21-38(11,12)34-36(7,8)19-15-17-25(26,27)18-16-20-37(9,10)35-39(13,14)22-24-41(31-4,32-5)33-6/h27H,15-24H2,1-14H3. The Bertz CT molecular complexity index is 662. The molecule has 0 aromatic heterocycles. The fourth-order valence-electron chi connectivity index (χ4n) is 5.42. The van der Waals surface area contributed by atoms with Gasteiger partial charge in [0.15, 0.2) is 33.3 Å². The van der Waals surface area contributed by atoms with Crippen LogP contribution in [0.25, 0.3) is 0 Å². The van der Waals surface area contributed by atoms with Crippen molar-refractivity contribution >= 4 is 50.9 Å². The van der Waals surface area contributed by atoms with E-state index in [9.17, 15) is 5.11 Å². The van der Waals surface area contributed by atoms with Crippen LogP contribution in [-0.4, -0.2) is 104 Å². The molecule has 0 aliphatic rings. The van der Waals surface area contributed by atoms with Crippen molar-refractivity contribution in [2.45, 2.75) is 120 Å². The van der Waals surface area contributed by atoms with Gasteiger partial charge in [-0.05, 0) is 89.4 Å². The Morgan fingerprint density at radius 3 is 0.951 bits per heavy atom. The summed E-state index contributed by atoms with van der Waals surface area (Å²) in [6, 6.07) is 4.76. The first-order valence-corrected chi connectivity index (χ1v) is 31.1. The monoisotopic (exact) mass is 694 g/mol. The van der Waals surface area contributed by atoms with Crippen molar-refractivity contribution in [2.75, 3.05) is 42.7 Å². The van der Waals surface area contributed by atoms with E-state index in [-0.39, 0.29) is 12.8 Å². The van der Waals surface area contributed by atoms with Gasteiger partial charge in [-0.1, -0.05) is 0 Å². The van der Waals surface area contributed by atoms with Crippen molar-refractivity contribution in [1.82, 2.24) is 0 Å². The van der Waals surface area contributed by atoms with Crippen LogP contribution >= 0.6 is 0 Å². The zero-order valence-electron chi connectivity index (χ0n) is 28.7. The molecule has 0 aliphatic carbocycles. The van der Waals surface area contributed by atoms with Crippen molar-refractivity contribution in [3.8, 4) is 0 Å². The third-order valence-electron chi connectivity index (χ3n) is 7.72. The van der Waals surface area contributed by atoms with Crippen LogP contribution in [0.15, 0.2) is 0 Å². The molecular formula is C25H63FO9Si6. The first-order chi connectivity index (χ1) is 18.6. The van der Waals surface area contributed by atoms with E-state index in [4.69, 9.17) is 34.8 Å². The molecule has 0 saturated carbocycles. The molecule has 0 radical (unpaired) electrons. The average molecular weight is 695 g/mol. The summed E-state index contributed by atoms with van der Waals surface area (Å²) in [6.07, 6.45) is 1.46. The summed E-state index contributed by atoms with van der Waals surface area (Å²) in [5, 5.41) is 10.5. The zero-order chi connectivity index (χ0) is 32.2. The lowest BCUT2D eigenvalue weighted by atomic mass is 10.1. The van der Waals surface area contributed by atoms with Crippen molar-refractivity contribution in [2.24, 2.45) is 0 Å². The fourth-order valence-corrected chi connectivity index (χ4v) is 30.6. The molecule has 1 N–H and O–H groups in total. The fraction of sp³-hybridized carbons (Fsp3) is 1.00. The molecule has 0 fully saturated rings. The lowest BCUT2D eigenvalue weighted by Gasteiger charge is -2.36. The van der Waals surface area contributed by atoms with Crippen molar-refractivity contribution < 1.29 is 44.3 Å². The summed E-state index contributed by atoms with van der Waals surface area (Å²) in [7, 11) is -3.59. The highest BCUT2D eigenvalue weighted by Gasteiger charge is 2.43. The second-order valence-electron chi connectivity index (χ2n) is 13.5. The predicted octanol–water partition coefficient (Wildman–Crippen LogP) is 6.81. The smallest absolute Gasteiger partial charge is 0.456 e. The van der Waals surface area contributed by atoms with Gasteiger partial charge in [0.2, 0.25) is 5.85 Å². The summed E-state index contributed by atoms with van der Waals surface area (Å²) in [4.78, 5) is 0. The number of hydrogen-bond donors (Lipinski definition) is 1. The summed E-state index contributed by atoms with van der Waals surface area (Å²) in [6.45, 7) is 17.5. The van der Waals surface area contributed by atoms with Crippen LogP contribution in [0, 0.1) is 0 Å². The predicted molar refractivity (Wildman–Crippen MR) is 179 cm³/mol. The van der Waals surface area contributed by atoms with Gasteiger partial charge in [0.1, 0.15) is 0 Å². The minimum Gasteiger partial charge on any atom is -0.456 e. The van der Waals surface area contributed by atoms with Gasteiger partial charge in [-0.2, -0.15) is 0 Å². The lowest BCUT2D eigenvalue weighted by Crippen LogP contribution is -2.48. The lowest BCUT2D eigenvalue weighted by molar-refractivity contribution is -0.101. The SMILES string of the molecule is CO[Si](CC[Si](C)(C)O[Si](C)(C)CCCC(O)(F)CCC[Si](C)(C)O[Si](C)(C)CC[Si](OC)(OC)OC)(OC)OC. The Balaban J connectivity index is 4.74. The van der Waals surface area contributed by atoms with Gasteiger partial charge in [-0.15, -0.1) is 0 Å². The van der Waals surface area contributed by atoms with E-state index in [1.807, 2.05) is 0 Å². The highest BCUT2D eigenvalue weighted by Crippen LogP contribution is 2.32. The summed E-state index contributed by atoms with van der Waals surface area (Å²) in [5.74, 6) is -2.17. The molecule has 0 atom stereocenters. The quantitative estimate of drug-likeness (QED) is 0.109. The molecule has 0 spiro atoms. The maximum absolute atomic E-state index is 15.1. The van der Waals surface area contributed by atoms with Crippen LogP contribution in [0.3, 0.4) is 0 Å². The molecule has 16 heteroatoms. The highest BCUT2D eigenvalue weighted by atomic mass is 28.4. The second-order valence-corrected chi connectivity index (χ2v) is 37.4. The van der Waals surface area contributed by atoms with Gasteiger partial charge >= 0.3 is 17.6 Å². The first-order valence-electron chi connectivity index (χ1n) is 14.7. The van der Waals surface area contributed by atoms with Crippen LogP contribution in [0.2, 0.25) is 88.6 Å². The number of alkyl halides is 1. The van der Waals surface area contributed by atoms with E-state index in [1.54, 1.807) is 42.7 Å². The average Bonchev–Trinajstić information content (AvgIpc) is 2.84. The normalized spacial score (nSPS) is 14.6. The molecule has 0 bridgehead atoms. The largest absolute Gasteiger partial charge is 0.499 e. The number of aliphatic hydroxyl groups is 1. The number of rotatable bonds is 24. The zero-order valence-corrected chi connectivity index (χ0v) is 34.7. The number of hydrogen-bond acceptors (Lipinski definition) is 9. The summed E-state index contributed by atoms with van der Waals surface area (Å²) in [5.41, 5.74) is 0. The third-order valence-corrected chi connectivity index (χ3v) is 29.0. The minimum absolute atomic E-state index is 0.128. The van der Waals surface area contributed by atoms with Gasteiger partial charge in [0.05, 0.1) is 0 Å². The molecule has 0 aromatic rings. The topological polar surface area (TPSA) is 94.1 Å². The van der Waals surface area contributed by atoms with Gasteiger partial charge in [-0.3, -0.25) is 0 Å². The molecule has 0 aliphatic heterocycles. The Labute approximate surface area is 257 Å². The van der Waals surface area contributed by atoms with Gasteiger partial charge in [0, 0.05) is 67.6 Å². The van der Waals surface area contributed by atoms with E-state index in [0.29, 0.717) is 24.9 Å². The summed E-state index contributed by atoms with van der Waals surface area (Å²) >= 11 is 0. The first kappa shape index (κ1) is 41.9. The highest BCUT2D eigenvalue weighted by molar-refractivity contribution is 6.86. The molecule has 0 heterocycles. The molecule has 9 nitrogen and oxygen atoms in total. The third kappa shape index (κ3) is 16.7. The Morgan fingerprint density at radius 1 is 0.463 bits per heavy atom. The molecule has 0 rings (SSSR count). The van der Waals surface area contributed by atoms with Crippen molar-refractivity contribution in [3.63, 3.8) is 0 Å². The molecule has 248 valence electrons. The Morgan fingerprint density at radius 2 is 0.707 bits per heavy atom. The maximum Gasteiger partial charge on any atom is 0.499 e. The van der Waals surface area contributed by atoms with Gasteiger partial charge in [0.25, 0.3) is 0 Å². The van der Waals surface area contributed by atoms with Gasteiger partial charge < -0.3 is 39.9 Å². The molecule has 41 heavy (non-hydrogen) atoms. The second kappa shape index (κ2) is 17.5. The van der Waals surface area contributed by atoms with Crippen LogP contribution in [0.5, 0.6) is 0 Å². The number of halogens is 1. The molecule has 0 aromatic carbocycles. The molecular weight excluding hydrogens is 632 g/mol. The summed E-state index contributed by atoms with van der Waals surface area (Å²) < 4.78 is 61.9. The van der Waals surface area contributed by atoms with E-state index >= 15 is 4.39 Å². The maximum atomic E-state index is 15.1.